The molecule has 6 nitrogen and oxygen atoms in total. The van der Waals surface area contributed by atoms with Crippen LogP contribution in [0.15, 0.2) is 0 Å². The molecule has 178 valence electrons. The average Bonchev–Trinajstić information content (AvgIpc) is 2.54. The first-order valence-electron chi connectivity index (χ1n) is 9.18. The zero-order valence-electron chi connectivity index (χ0n) is 16.5. The maximum Gasteiger partial charge on any atom is 0.512 e. The Hall–Kier alpha value is -0.600. The van der Waals surface area contributed by atoms with Crippen LogP contribution >= 0.6 is 0 Å². The third-order valence-corrected chi connectivity index (χ3v) is 6.58. The monoisotopic (exact) mass is 480 g/mol. The number of rotatable bonds is 13. The Morgan fingerprint density at radius 1 is 0.621 bits per heavy atom. The van der Waals surface area contributed by atoms with Crippen LogP contribution in [0, 0.1) is 0 Å². The third-order valence-electron chi connectivity index (χ3n) is 3.61. The Morgan fingerprint density at radius 3 is 1.21 bits per heavy atom. The number of sulfonamides is 2. The molecular formula is C15H30F6N2O4S2. The number of unbranched alkanes of at least 4 members (excludes halogenated alkanes) is 9. The van der Waals surface area contributed by atoms with Gasteiger partial charge in [-0.15, -0.1) is 0 Å². The predicted molar refractivity (Wildman–Crippen MR) is 98.9 cm³/mol. The molecule has 14 heteroatoms. The van der Waals surface area contributed by atoms with Crippen molar-refractivity contribution in [2.24, 2.45) is 0 Å². The second-order valence-corrected chi connectivity index (χ2v) is 9.87. The van der Waals surface area contributed by atoms with E-state index in [0.29, 0.717) is 0 Å². The summed E-state index contributed by atoms with van der Waals surface area (Å²) < 4.78 is 108. The van der Waals surface area contributed by atoms with Crippen molar-refractivity contribution in [1.29, 1.82) is 0 Å². The maximum absolute atomic E-state index is 11.5. The van der Waals surface area contributed by atoms with Crippen molar-refractivity contribution in [1.82, 2.24) is 9.44 Å². The zero-order valence-corrected chi connectivity index (χ0v) is 18.1. The highest BCUT2D eigenvalue weighted by atomic mass is 32.3. The van der Waals surface area contributed by atoms with Crippen LogP contribution in [-0.2, 0) is 20.0 Å². The molecule has 0 spiro atoms. The van der Waals surface area contributed by atoms with Crippen molar-refractivity contribution in [2.75, 3.05) is 13.6 Å². The number of halogens is 6. The van der Waals surface area contributed by atoms with Crippen molar-refractivity contribution in [3.8, 4) is 0 Å². The van der Waals surface area contributed by atoms with Gasteiger partial charge in [0, 0.05) is 0 Å². The fraction of sp³-hybridized carbons (Fsp3) is 1.00. The summed E-state index contributed by atoms with van der Waals surface area (Å²) in [6.07, 6.45) is 14.3. The molecule has 0 aliphatic carbocycles. The predicted octanol–water partition coefficient (Wildman–Crippen LogP) is 4.40. The molecule has 0 aromatic rings. The lowest BCUT2D eigenvalue weighted by atomic mass is 10.1. The van der Waals surface area contributed by atoms with Crippen LogP contribution in [0.25, 0.3) is 0 Å². The Morgan fingerprint density at radius 2 is 0.931 bits per heavy atom. The molecule has 0 aromatic carbocycles. The quantitative estimate of drug-likeness (QED) is 0.301. The van der Waals surface area contributed by atoms with E-state index in [0.717, 1.165) is 0 Å². The number of alkyl halides is 6. The first kappa shape index (κ1) is 30.6. The van der Waals surface area contributed by atoms with Gasteiger partial charge >= 0.3 is 31.1 Å². The Labute approximate surface area is 168 Å². The molecule has 0 radical (unpaired) electrons. The van der Waals surface area contributed by atoms with Gasteiger partial charge in [0.15, 0.2) is 0 Å². The highest BCUT2D eigenvalue weighted by Crippen LogP contribution is 2.27. The highest BCUT2D eigenvalue weighted by Gasteiger charge is 2.55. The van der Waals surface area contributed by atoms with E-state index in [1.165, 1.54) is 70.8 Å². The normalized spacial score (nSPS) is 13.1. The van der Waals surface area contributed by atoms with Gasteiger partial charge in [-0.3, -0.25) is 0 Å². The maximum atomic E-state index is 11.5. The van der Waals surface area contributed by atoms with Crippen molar-refractivity contribution < 1.29 is 43.2 Å². The van der Waals surface area contributed by atoms with Crippen LogP contribution in [0.4, 0.5) is 26.3 Å². The van der Waals surface area contributed by atoms with Gasteiger partial charge in [-0.25, -0.2) is 16.8 Å². The fourth-order valence-electron chi connectivity index (χ4n) is 2.03. The summed E-state index contributed by atoms with van der Waals surface area (Å²) in [6.45, 7) is 3.47. The van der Waals surface area contributed by atoms with Gasteiger partial charge in [0.2, 0.25) is 0 Å². The van der Waals surface area contributed by atoms with Crippen LogP contribution in [0.2, 0.25) is 0 Å². The van der Waals surface area contributed by atoms with E-state index >= 15 is 0 Å². The third kappa shape index (κ3) is 14.9. The van der Waals surface area contributed by atoms with E-state index in [-0.39, 0.29) is 0 Å². The van der Waals surface area contributed by atoms with Gasteiger partial charge in [0.1, 0.15) is 0 Å². The van der Waals surface area contributed by atoms with Crippen LogP contribution in [0.3, 0.4) is 0 Å². The molecule has 0 unspecified atom stereocenters. The molecule has 29 heavy (non-hydrogen) atoms. The summed E-state index contributed by atoms with van der Waals surface area (Å²) in [5.74, 6) is 0. The van der Waals surface area contributed by atoms with Crippen LogP contribution < -0.4 is 9.44 Å². The number of hydrogen-bond acceptors (Lipinski definition) is 5. The van der Waals surface area contributed by atoms with Gasteiger partial charge in [-0.1, -0.05) is 68.8 Å². The molecule has 0 heterocycles. The Balaban J connectivity index is 0. The van der Waals surface area contributed by atoms with Crippen molar-refractivity contribution in [3.63, 3.8) is 0 Å². The SMILES string of the molecule is CCCCCCCCCCCCNC.O=S(=O)(NS(=O)(=O)C(F)(F)F)C(F)(F)F. The molecule has 2 N–H and O–H groups in total. The second kappa shape index (κ2) is 14.4. The first-order chi connectivity index (χ1) is 13.1. The van der Waals surface area contributed by atoms with E-state index in [9.17, 15) is 43.2 Å². The first-order valence-corrected chi connectivity index (χ1v) is 12.1. The molecule has 0 bridgehead atoms. The van der Waals surface area contributed by atoms with Crippen LogP contribution in [-0.4, -0.2) is 41.4 Å². The summed E-state index contributed by atoms with van der Waals surface area (Å²) in [5, 5.41) is 3.19. The second-order valence-electron chi connectivity index (χ2n) is 6.27. The molecule has 0 saturated heterocycles. The van der Waals surface area contributed by atoms with E-state index in [1.54, 1.807) is 0 Å². The van der Waals surface area contributed by atoms with Gasteiger partial charge in [-0.2, -0.15) is 26.3 Å². The number of hydrogen-bond donors (Lipinski definition) is 2. The largest absolute Gasteiger partial charge is 0.512 e. The minimum Gasteiger partial charge on any atom is -0.320 e. The van der Waals surface area contributed by atoms with Gasteiger partial charge in [0.25, 0.3) is 0 Å². The highest BCUT2D eigenvalue weighted by molar-refractivity contribution is 8.05. The lowest BCUT2D eigenvalue weighted by molar-refractivity contribution is -0.0476. The molecule has 0 amide bonds. The van der Waals surface area contributed by atoms with E-state index < -0.39 is 35.2 Å². The standard InChI is InChI=1S/C13H29N.C2HF6NO4S2/c1-3-4-5-6-7-8-9-10-11-12-13-14-2;3-1(4,5)14(10,11)9-15(12,13)2(6,7)8/h14H,3-13H2,1-2H3;9H. The van der Waals surface area contributed by atoms with Crippen LogP contribution in [0.1, 0.15) is 71.1 Å². The van der Waals surface area contributed by atoms with E-state index in [1.807, 2.05) is 7.05 Å². The van der Waals surface area contributed by atoms with Crippen LogP contribution in [0.5, 0.6) is 0 Å². The lowest BCUT2D eigenvalue weighted by Gasteiger charge is -2.11. The van der Waals surface area contributed by atoms with Gasteiger partial charge in [0.05, 0.1) is 0 Å². The summed E-state index contributed by atoms with van der Waals surface area (Å²) in [4.78, 5) is 0. The van der Waals surface area contributed by atoms with Gasteiger partial charge < -0.3 is 5.32 Å². The summed E-state index contributed by atoms with van der Waals surface area (Å²) in [5.41, 5.74) is -12.3. The van der Waals surface area contributed by atoms with Gasteiger partial charge in [-0.05, 0) is 20.0 Å². The molecule has 0 rings (SSSR count). The lowest BCUT2D eigenvalue weighted by Crippen LogP contribution is -2.45. The minimum atomic E-state index is -6.60. The molecule has 0 aliphatic rings. The van der Waals surface area contributed by atoms with Crippen molar-refractivity contribution >= 4 is 20.0 Å². The zero-order chi connectivity index (χ0) is 23.2. The molecule has 0 saturated carbocycles. The summed E-state index contributed by atoms with van der Waals surface area (Å²) >= 11 is 0. The van der Waals surface area contributed by atoms with E-state index in [4.69, 9.17) is 0 Å². The van der Waals surface area contributed by atoms with Crippen molar-refractivity contribution in [2.45, 2.75) is 82.1 Å². The molecule has 0 aliphatic heterocycles. The summed E-state index contributed by atoms with van der Waals surface area (Å²) in [7, 11) is -11.2. The topological polar surface area (TPSA) is 92.3 Å². The van der Waals surface area contributed by atoms with E-state index in [2.05, 4.69) is 12.2 Å². The Bertz CT molecular complexity index is 566. The molecule has 0 atom stereocenters. The molecule has 0 aromatic heterocycles. The number of nitrogens with one attached hydrogen (secondary N) is 2. The molecule has 0 fully saturated rings. The minimum absolute atomic E-state index is 0.493. The molecular weight excluding hydrogens is 450 g/mol. The Kier molecular flexibility index (Phi) is 15.2. The van der Waals surface area contributed by atoms with Crippen molar-refractivity contribution in [3.05, 3.63) is 0 Å². The smallest absolute Gasteiger partial charge is 0.320 e. The average molecular weight is 481 g/mol. The summed E-state index contributed by atoms with van der Waals surface area (Å²) in [6, 6.07) is 0. The fourth-order valence-corrected chi connectivity index (χ4v) is 3.94.